The molecule has 158 valence electrons. The number of para-hydroxylation sites is 2. The second-order valence-corrected chi connectivity index (χ2v) is 8.09. The molecule has 1 heterocycles. The molecule has 31 heavy (non-hydrogen) atoms. The molecule has 0 spiro atoms. The van der Waals surface area contributed by atoms with Gasteiger partial charge in [-0.3, -0.25) is 14.9 Å². The predicted octanol–water partition coefficient (Wildman–Crippen LogP) is 5.80. The van der Waals surface area contributed by atoms with Crippen LogP contribution in [0.1, 0.15) is 46.4 Å². The maximum atomic E-state index is 13.5. The number of carbonyl (C=O) groups excluding carboxylic acids is 1. The Labute approximate surface area is 181 Å². The first kappa shape index (κ1) is 20.6. The molecule has 6 nitrogen and oxygen atoms in total. The molecule has 0 bridgehead atoms. The number of nitrogens with one attached hydrogen (secondary N) is 1. The highest BCUT2D eigenvalue weighted by atomic mass is 16.6. The van der Waals surface area contributed by atoms with Crippen molar-refractivity contribution in [2.24, 2.45) is 0 Å². The van der Waals surface area contributed by atoms with Crippen LogP contribution in [0.15, 0.2) is 66.7 Å². The molecule has 0 unspecified atom stereocenters. The average Bonchev–Trinajstić information content (AvgIpc) is 2.75. The number of non-ortho nitro benzene ring substituents is 1. The molecule has 1 aliphatic heterocycles. The number of hydrogen-bond acceptors (Lipinski definition) is 4. The van der Waals surface area contributed by atoms with Crippen LogP contribution in [0.25, 0.3) is 0 Å². The van der Waals surface area contributed by atoms with Gasteiger partial charge in [-0.2, -0.15) is 0 Å². The van der Waals surface area contributed by atoms with Crippen LogP contribution in [-0.2, 0) is 0 Å². The fraction of sp³-hybridized carbons (Fsp3) is 0.240. The molecular formula is C25H25N3O3. The zero-order valence-electron chi connectivity index (χ0n) is 17.8. The topological polar surface area (TPSA) is 75.5 Å². The Morgan fingerprint density at radius 2 is 1.74 bits per heavy atom. The fourth-order valence-corrected chi connectivity index (χ4v) is 4.34. The van der Waals surface area contributed by atoms with Gasteiger partial charge in [0.05, 0.1) is 16.7 Å². The van der Waals surface area contributed by atoms with Crippen molar-refractivity contribution in [1.29, 1.82) is 0 Å². The number of aryl methyl sites for hydroxylation is 2. The lowest BCUT2D eigenvalue weighted by Gasteiger charge is -2.41. The second kappa shape index (κ2) is 8.22. The lowest BCUT2D eigenvalue weighted by Crippen LogP contribution is -2.44. The van der Waals surface area contributed by atoms with Gasteiger partial charge in [0, 0.05) is 29.4 Å². The normalized spacial score (nSPS) is 17.7. The zero-order chi connectivity index (χ0) is 22.1. The Bertz CT molecular complexity index is 1160. The molecule has 1 N–H and O–H groups in total. The van der Waals surface area contributed by atoms with Crippen LogP contribution in [0.5, 0.6) is 0 Å². The predicted molar refractivity (Wildman–Crippen MR) is 123 cm³/mol. The molecule has 3 aromatic rings. The van der Waals surface area contributed by atoms with E-state index in [0.29, 0.717) is 5.56 Å². The first-order valence-corrected chi connectivity index (χ1v) is 10.4. The van der Waals surface area contributed by atoms with E-state index in [2.05, 4.69) is 30.4 Å². The number of hydrogen-bond donors (Lipinski definition) is 1. The first-order valence-electron chi connectivity index (χ1n) is 10.4. The van der Waals surface area contributed by atoms with E-state index >= 15 is 0 Å². The summed E-state index contributed by atoms with van der Waals surface area (Å²) < 4.78 is 0. The van der Waals surface area contributed by atoms with Crippen molar-refractivity contribution in [1.82, 2.24) is 0 Å². The van der Waals surface area contributed by atoms with Gasteiger partial charge in [0.15, 0.2) is 0 Å². The van der Waals surface area contributed by atoms with Crippen LogP contribution in [-0.4, -0.2) is 16.9 Å². The van der Waals surface area contributed by atoms with E-state index in [0.717, 1.165) is 28.9 Å². The van der Waals surface area contributed by atoms with Gasteiger partial charge in [0.1, 0.15) is 0 Å². The van der Waals surface area contributed by atoms with Crippen LogP contribution >= 0.6 is 0 Å². The highest BCUT2D eigenvalue weighted by Crippen LogP contribution is 2.42. The SMILES string of the molecule is Cc1ccccc1N[C@@H]1C[C@H](C)N(C(=O)c2cccc([N+](=O)[O-])c2)c2c(C)cccc21. The molecule has 0 aliphatic carbocycles. The van der Waals surface area contributed by atoms with Gasteiger partial charge in [-0.1, -0.05) is 42.5 Å². The van der Waals surface area contributed by atoms with E-state index in [1.54, 1.807) is 17.0 Å². The van der Waals surface area contributed by atoms with Crippen molar-refractivity contribution in [3.8, 4) is 0 Å². The molecule has 1 aliphatic rings. The van der Waals surface area contributed by atoms with E-state index in [9.17, 15) is 14.9 Å². The highest BCUT2D eigenvalue weighted by molar-refractivity contribution is 6.08. The molecule has 1 amide bonds. The number of anilines is 2. The number of amides is 1. The first-order chi connectivity index (χ1) is 14.9. The summed E-state index contributed by atoms with van der Waals surface area (Å²) in [6.45, 7) is 6.09. The molecule has 0 radical (unpaired) electrons. The summed E-state index contributed by atoms with van der Waals surface area (Å²) in [5, 5.41) is 14.8. The van der Waals surface area contributed by atoms with Gasteiger partial charge in [-0.25, -0.2) is 0 Å². The summed E-state index contributed by atoms with van der Waals surface area (Å²) in [5.74, 6) is -0.221. The Kier molecular flexibility index (Phi) is 5.46. The summed E-state index contributed by atoms with van der Waals surface area (Å²) in [5.41, 5.74) is 5.41. The van der Waals surface area contributed by atoms with Crippen LogP contribution in [0.3, 0.4) is 0 Å². The number of nitro groups is 1. The third-order valence-corrected chi connectivity index (χ3v) is 5.90. The Morgan fingerprint density at radius 1 is 1.03 bits per heavy atom. The maximum absolute atomic E-state index is 13.5. The molecule has 6 heteroatoms. The minimum atomic E-state index is -0.474. The number of carbonyl (C=O) groups is 1. The maximum Gasteiger partial charge on any atom is 0.270 e. The lowest BCUT2D eigenvalue weighted by molar-refractivity contribution is -0.384. The Morgan fingerprint density at radius 3 is 2.48 bits per heavy atom. The summed E-state index contributed by atoms with van der Waals surface area (Å²) in [4.78, 5) is 26.0. The van der Waals surface area contributed by atoms with Crippen molar-refractivity contribution < 1.29 is 9.72 Å². The molecule has 0 saturated carbocycles. The minimum Gasteiger partial charge on any atom is -0.378 e. The van der Waals surface area contributed by atoms with Crippen LogP contribution in [0.4, 0.5) is 17.1 Å². The van der Waals surface area contributed by atoms with Crippen molar-refractivity contribution in [3.63, 3.8) is 0 Å². The van der Waals surface area contributed by atoms with Crippen molar-refractivity contribution in [3.05, 3.63) is 99.1 Å². The monoisotopic (exact) mass is 415 g/mol. The molecule has 4 rings (SSSR count). The smallest absolute Gasteiger partial charge is 0.270 e. The van der Waals surface area contributed by atoms with Gasteiger partial charge in [0.25, 0.3) is 11.6 Å². The third kappa shape index (κ3) is 3.89. The molecule has 0 saturated heterocycles. The molecule has 0 fully saturated rings. The summed E-state index contributed by atoms with van der Waals surface area (Å²) in [7, 11) is 0. The number of benzene rings is 3. The standard InChI is InChI=1S/C25H25N3O3/c1-16-8-4-5-13-22(16)26-23-14-18(3)27(24-17(2)9-6-12-21(23)24)25(29)19-10-7-11-20(15-19)28(30)31/h4-13,15,18,23,26H,14H2,1-3H3/t18-,23+/m0/s1. The van der Waals surface area contributed by atoms with Crippen molar-refractivity contribution >= 4 is 23.0 Å². The van der Waals surface area contributed by atoms with Crippen LogP contribution in [0, 0.1) is 24.0 Å². The molecular weight excluding hydrogens is 390 g/mol. The van der Waals surface area contributed by atoms with Gasteiger partial charge in [0.2, 0.25) is 0 Å². The third-order valence-electron chi connectivity index (χ3n) is 5.90. The van der Waals surface area contributed by atoms with Crippen LogP contribution < -0.4 is 10.2 Å². The molecule has 3 aromatic carbocycles. The second-order valence-electron chi connectivity index (χ2n) is 8.09. The van der Waals surface area contributed by atoms with Gasteiger partial charge < -0.3 is 10.2 Å². The van der Waals surface area contributed by atoms with Gasteiger partial charge in [-0.15, -0.1) is 0 Å². The van der Waals surface area contributed by atoms with Gasteiger partial charge >= 0.3 is 0 Å². The van der Waals surface area contributed by atoms with Crippen molar-refractivity contribution in [2.45, 2.75) is 39.3 Å². The minimum absolute atomic E-state index is 0.0557. The van der Waals surface area contributed by atoms with E-state index < -0.39 is 4.92 Å². The largest absolute Gasteiger partial charge is 0.378 e. The van der Waals surface area contributed by atoms with Crippen molar-refractivity contribution in [2.75, 3.05) is 10.2 Å². The van der Waals surface area contributed by atoms with Crippen LogP contribution in [0.2, 0.25) is 0 Å². The lowest BCUT2D eigenvalue weighted by atomic mass is 9.88. The van der Waals surface area contributed by atoms with Gasteiger partial charge in [-0.05, 0) is 56.0 Å². The quantitative estimate of drug-likeness (QED) is 0.431. The average molecular weight is 415 g/mol. The highest BCUT2D eigenvalue weighted by Gasteiger charge is 2.35. The Hall–Kier alpha value is -3.67. The molecule has 2 atom stereocenters. The number of rotatable bonds is 4. The van der Waals surface area contributed by atoms with E-state index in [4.69, 9.17) is 0 Å². The number of nitrogens with zero attached hydrogens (tertiary/aromatic N) is 2. The summed E-state index contributed by atoms with van der Waals surface area (Å²) in [6.07, 6.45) is 0.728. The summed E-state index contributed by atoms with van der Waals surface area (Å²) in [6, 6.07) is 20.1. The summed E-state index contributed by atoms with van der Waals surface area (Å²) >= 11 is 0. The molecule has 0 aromatic heterocycles. The number of fused-ring (bicyclic) bond motifs is 1. The van der Waals surface area contributed by atoms with E-state index in [1.807, 2.05) is 38.1 Å². The fourth-order valence-electron chi connectivity index (χ4n) is 4.34. The number of nitro benzene ring substituents is 1. The zero-order valence-corrected chi connectivity index (χ0v) is 17.8. The van der Waals surface area contributed by atoms with E-state index in [1.165, 1.54) is 17.7 Å². The Balaban J connectivity index is 1.75. The van der Waals surface area contributed by atoms with E-state index in [-0.39, 0.29) is 23.7 Å².